The molecule has 2 aliphatic heterocycles. The fourth-order valence-electron chi connectivity index (χ4n) is 5.85. The molecule has 0 radical (unpaired) electrons. The molecule has 1 saturated carbocycles. The smallest absolute Gasteiger partial charge is 0.254 e. The number of hydrogen-bond donors (Lipinski definition) is 1. The van der Waals surface area contributed by atoms with E-state index in [-0.39, 0.29) is 29.9 Å². The molecule has 3 aliphatic rings. The number of aromatic nitrogens is 5. The van der Waals surface area contributed by atoms with Gasteiger partial charge in [0.05, 0.1) is 19.3 Å². The number of halogens is 1. The number of hydrazine groups is 1. The lowest BCUT2D eigenvalue weighted by atomic mass is 9.77. The van der Waals surface area contributed by atoms with Crippen LogP contribution in [0, 0.1) is 11.7 Å². The largest absolute Gasteiger partial charge is 0.379 e. The SMILES string of the molecule is Nc1ncc(C2C(C3CC3)N(C(=O)c3cccc(F)c3)CCC2N(c2ncncn2)N2CCOCC2)cn1. The summed E-state index contributed by atoms with van der Waals surface area (Å²) in [5, 5.41) is 4.38. The number of amides is 1. The third-order valence-corrected chi connectivity index (χ3v) is 7.61. The number of benzene rings is 1. The molecule has 2 aromatic heterocycles. The second-order valence-electron chi connectivity index (χ2n) is 9.94. The molecule has 12 heteroatoms. The lowest BCUT2D eigenvalue weighted by Gasteiger charge is -2.52. The van der Waals surface area contributed by atoms with Gasteiger partial charge in [-0.05, 0) is 48.9 Å². The average Bonchev–Trinajstić information content (AvgIpc) is 3.80. The third-order valence-electron chi connectivity index (χ3n) is 7.61. The predicted octanol–water partition coefficient (Wildman–Crippen LogP) is 1.91. The van der Waals surface area contributed by atoms with E-state index in [0.29, 0.717) is 56.7 Å². The Morgan fingerprint density at radius 2 is 1.76 bits per heavy atom. The number of anilines is 2. The number of carbonyl (C=O) groups excluding carboxylic acids is 1. The molecular weight excluding hydrogens is 489 g/mol. The van der Waals surface area contributed by atoms with Crippen molar-refractivity contribution in [2.45, 2.75) is 37.3 Å². The standard InChI is InChI=1S/C26H30FN9O2/c27-20-3-1-2-18(12-20)24(37)35-7-6-21(22(23(35)17-4-5-17)19-13-30-25(28)31-14-19)36(26-32-15-29-16-33-26)34-8-10-38-11-9-34/h1-3,12-17,21-23H,4-11H2,(H2,28,30,31). The fourth-order valence-corrected chi connectivity index (χ4v) is 5.85. The van der Waals surface area contributed by atoms with Gasteiger partial charge in [0.1, 0.15) is 18.5 Å². The van der Waals surface area contributed by atoms with Gasteiger partial charge in [-0.15, -0.1) is 0 Å². The number of piperidine rings is 1. The Kier molecular flexibility index (Phi) is 6.81. The van der Waals surface area contributed by atoms with Gasteiger partial charge in [-0.2, -0.15) is 0 Å². The van der Waals surface area contributed by atoms with Crippen LogP contribution in [0.1, 0.15) is 41.1 Å². The minimum Gasteiger partial charge on any atom is -0.379 e. The summed E-state index contributed by atoms with van der Waals surface area (Å²) in [5.41, 5.74) is 7.09. The Bertz CT molecular complexity index is 1260. The Morgan fingerprint density at radius 1 is 1.03 bits per heavy atom. The van der Waals surface area contributed by atoms with Crippen LogP contribution in [-0.4, -0.2) is 85.7 Å². The fraction of sp³-hybridized carbons (Fsp3) is 0.462. The molecule has 38 heavy (non-hydrogen) atoms. The minimum absolute atomic E-state index is 0.0927. The normalized spacial score (nSPS) is 24.2. The monoisotopic (exact) mass is 519 g/mol. The molecule has 11 nitrogen and oxygen atoms in total. The first-order chi connectivity index (χ1) is 18.6. The molecule has 6 rings (SSSR count). The quantitative estimate of drug-likeness (QED) is 0.516. The topological polar surface area (TPSA) is 126 Å². The van der Waals surface area contributed by atoms with Crippen molar-refractivity contribution in [2.24, 2.45) is 5.92 Å². The summed E-state index contributed by atoms with van der Waals surface area (Å²) in [6, 6.07) is 5.68. The van der Waals surface area contributed by atoms with Crippen molar-refractivity contribution >= 4 is 17.8 Å². The van der Waals surface area contributed by atoms with Gasteiger partial charge in [0.2, 0.25) is 11.9 Å². The maximum atomic E-state index is 14.1. The Morgan fingerprint density at radius 3 is 2.45 bits per heavy atom. The van der Waals surface area contributed by atoms with Crippen molar-refractivity contribution in [2.75, 3.05) is 43.6 Å². The van der Waals surface area contributed by atoms with Crippen LogP contribution in [0.25, 0.3) is 0 Å². The van der Waals surface area contributed by atoms with Crippen LogP contribution in [0.2, 0.25) is 0 Å². The zero-order valence-electron chi connectivity index (χ0n) is 20.9. The first-order valence-corrected chi connectivity index (χ1v) is 13.0. The van der Waals surface area contributed by atoms with Crippen LogP contribution in [0.3, 0.4) is 0 Å². The molecule has 1 aliphatic carbocycles. The van der Waals surface area contributed by atoms with Gasteiger partial charge in [0.25, 0.3) is 5.91 Å². The van der Waals surface area contributed by atoms with Crippen LogP contribution < -0.4 is 10.7 Å². The molecule has 3 aromatic rings. The summed E-state index contributed by atoms with van der Waals surface area (Å²) in [6.45, 7) is 3.08. The summed E-state index contributed by atoms with van der Waals surface area (Å²) in [7, 11) is 0. The van der Waals surface area contributed by atoms with Crippen molar-refractivity contribution < 1.29 is 13.9 Å². The van der Waals surface area contributed by atoms with Crippen LogP contribution in [-0.2, 0) is 4.74 Å². The molecule has 4 heterocycles. The van der Waals surface area contributed by atoms with E-state index in [2.05, 4.69) is 34.9 Å². The van der Waals surface area contributed by atoms with E-state index >= 15 is 0 Å². The van der Waals surface area contributed by atoms with E-state index in [9.17, 15) is 9.18 Å². The van der Waals surface area contributed by atoms with E-state index in [1.165, 1.54) is 24.8 Å². The third kappa shape index (κ3) is 4.88. The lowest BCUT2D eigenvalue weighted by Crippen LogP contribution is -2.63. The van der Waals surface area contributed by atoms with E-state index in [0.717, 1.165) is 18.4 Å². The number of nitrogens with two attached hydrogens (primary N) is 1. The number of morpholine rings is 1. The molecule has 0 bridgehead atoms. The van der Waals surface area contributed by atoms with Gasteiger partial charge in [-0.1, -0.05) is 6.07 Å². The zero-order chi connectivity index (χ0) is 26.1. The molecule has 3 unspecified atom stereocenters. The predicted molar refractivity (Wildman–Crippen MR) is 136 cm³/mol. The molecule has 0 spiro atoms. The van der Waals surface area contributed by atoms with Crippen molar-refractivity contribution in [3.8, 4) is 0 Å². The Labute approximate surface area is 219 Å². The van der Waals surface area contributed by atoms with E-state index in [4.69, 9.17) is 10.5 Å². The highest BCUT2D eigenvalue weighted by Gasteiger charge is 2.51. The van der Waals surface area contributed by atoms with Crippen molar-refractivity contribution in [3.05, 3.63) is 66.3 Å². The number of ether oxygens (including phenoxy) is 1. The van der Waals surface area contributed by atoms with E-state index in [1.54, 1.807) is 24.5 Å². The molecule has 3 fully saturated rings. The van der Waals surface area contributed by atoms with Crippen LogP contribution in [0.15, 0.2) is 49.3 Å². The van der Waals surface area contributed by atoms with Crippen LogP contribution >= 0.6 is 0 Å². The average molecular weight is 520 g/mol. The van der Waals surface area contributed by atoms with Gasteiger partial charge in [-0.3, -0.25) is 9.80 Å². The first kappa shape index (κ1) is 24.6. The van der Waals surface area contributed by atoms with E-state index in [1.807, 2.05) is 4.90 Å². The summed E-state index contributed by atoms with van der Waals surface area (Å²) in [4.78, 5) is 37.4. The second kappa shape index (κ2) is 10.5. The molecule has 1 amide bonds. The molecule has 3 atom stereocenters. The van der Waals surface area contributed by atoms with Gasteiger partial charge in [0.15, 0.2) is 0 Å². The highest BCUT2D eigenvalue weighted by molar-refractivity contribution is 5.94. The Balaban J connectivity index is 1.44. The number of nitrogen functional groups attached to an aromatic ring is 1. The van der Waals surface area contributed by atoms with Crippen LogP contribution in [0.4, 0.5) is 16.3 Å². The zero-order valence-corrected chi connectivity index (χ0v) is 20.9. The van der Waals surface area contributed by atoms with Gasteiger partial charge in [0, 0.05) is 49.6 Å². The second-order valence-corrected chi connectivity index (χ2v) is 9.94. The van der Waals surface area contributed by atoms with Gasteiger partial charge < -0.3 is 15.4 Å². The molecule has 198 valence electrons. The first-order valence-electron chi connectivity index (χ1n) is 13.0. The summed E-state index contributed by atoms with van der Waals surface area (Å²) in [5.74, 6) is 0.300. The highest BCUT2D eigenvalue weighted by atomic mass is 19.1. The summed E-state index contributed by atoms with van der Waals surface area (Å²) in [6.07, 6.45) is 9.19. The summed E-state index contributed by atoms with van der Waals surface area (Å²) < 4.78 is 19.7. The van der Waals surface area contributed by atoms with Gasteiger partial charge >= 0.3 is 0 Å². The van der Waals surface area contributed by atoms with Crippen molar-refractivity contribution in [3.63, 3.8) is 0 Å². The number of nitrogens with zero attached hydrogens (tertiary/aromatic N) is 8. The summed E-state index contributed by atoms with van der Waals surface area (Å²) >= 11 is 0. The van der Waals surface area contributed by atoms with Crippen LogP contribution in [0.5, 0.6) is 0 Å². The number of rotatable bonds is 6. The number of likely N-dealkylation sites (tertiary alicyclic amines) is 1. The maximum absolute atomic E-state index is 14.1. The molecular formula is C26H30FN9O2. The molecule has 1 aromatic carbocycles. The molecule has 2 saturated heterocycles. The lowest BCUT2D eigenvalue weighted by molar-refractivity contribution is 0.0107. The van der Waals surface area contributed by atoms with E-state index < -0.39 is 5.82 Å². The van der Waals surface area contributed by atoms with Gasteiger partial charge in [-0.25, -0.2) is 34.3 Å². The van der Waals surface area contributed by atoms with Crippen molar-refractivity contribution in [1.29, 1.82) is 0 Å². The maximum Gasteiger partial charge on any atom is 0.254 e. The number of hydrogen-bond acceptors (Lipinski definition) is 10. The molecule has 2 N–H and O–H groups in total. The Hall–Kier alpha value is -3.77. The highest BCUT2D eigenvalue weighted by Crippen LogP contribution is 2.48. The van der Waals surface area contributed by atoms with Crippen molar-refractivity contribution in [1.82, 2.24) is 34.8 Å². The number of carbonyl (C=O) groups is 1. The minimum atomic E-state index is -0.425.